The second kappa shape index (κ2) is 34.1. The van der Waals surface area contributed by atoms with E-state index >= 15 is 0 Å². The summed E-state index contributed by atoms with van der Waals surface area (Å²) in [7, 11) is -4.26. The Hall–Kier alpha value is -1.28. The van der Waals surface area contributed by atoms with Gasteiger partial charge in [0.05, 0.1) is 19.8 Å². The van der Waals surface area contributed by atoms with Crippen LogP contribution in [0.3, 0.4) is 0 Å². The normalized spacial score (nSPS) is 14.1. The van der Waals surface area contributed by atoms with Crippen LogP contribution >= 0.6 is 7.82 Å². The number of unbranched alkanes of at least 4 members (excludes halogenated alkanes) is 15. The summed E-state index contributed by atoms with van der Waals surface area (Å²) in [4.78, 5) is 22.1. The maximum absolute atomic E-state index is 12.3. The van der Waals surface area contributed by atoms with Crippen LogP contribution in [0.4, 0.5) is 0 Å². The molecule has 0 spiro atoms. The molecule has 0 rings (SSSR count). The SMILES string of the molecule is CCCCC/C=C\C/C=C\C/C=C\CCCCCCCCCOCC(COP(=O)(O)OCCN)OC(=O)CCCCCCCC. The van der Waals surface area contributed by atoms with Gasteiger partial charge >= 0.3 is 13.8 Å². The number of ether oxygens (including phenoxy) is 2. The van der Waals surface area contributed by atoms with Crippen molar-refractivity contribution in [3.63, 3.8) is 0 Å². The first-order valence-electron chi connectivity index (χ1n) is 18.0. The number of phosphoric acid groups is 1. The first kappa shape index (κ1) is 43.7. The molecule has 0 saturated heterocycles. The van der Waals surface area contributed by atoms with Crippen molar-refractivity contribution in [2.75, 3.05) is 33.0 Å². The molecule has 0 saturated carbocycles. The van der Waals surface area contributed by atoms with Crippen LogP contribution in [0.15, 0.2) is 36.5 Å². The van der Waals surface area contributed by atoms with Gasteiger partial charge in [-0.2, -0.15) is 0 Å². The van der Waals surface area contributed by atoms with Crippen LogP contribution < -0.4 is 5.73 Å². The van der Waals surface area contributed by atoms with Crippen molar-refractivity contribution in [1.82, 2.24) is 0 Å². The molecule has 9 heteroatoms. The lowest BCUT2D eigenvalue weighted by molar-refractivity contribution is -0.154. The summed E-state index contributed by atoms with van der Waals surface area (Å²) >= 11 is 0. The van der Waals surface area contributed by atoms with Gasteiger partial charge in [0.2, 0.25) is 0 Å². The summed E-state index contributed by atoms with van der Waals surface area (Å²) in [5.41, 5.74) is 5.33. The van der Waals surface area contributed by atoms with E-state index in [4.69, 9.17) is 24.3 Å². The summed E-state index contributed by atoms with van der Waals surface area (Å²) < 4.78 is 33.1. The quantitative estimate of drug-likeness (QED) is 0.0304. The second-order valence-corrected chi connectivity index (χ2v) is 13.2. The van der Waals surface area contributed by atoms with Crippen LogP contribution in [0, 0.1) is 0 Å². The zero-order valence-electron chi connectivity index (χ0n) is 28.8. The van der Waals surface area contributed by atoms with Gasteiger partial charge in [0, 0.05) is 19.6 Å². The predicted octanol–water partition coefficient (Wildman–Crippen LogP) is 9.91. The molecule has 0 amide bonds. The number of nitrogens with two attached hydrogens (primary N) is 1. The molecule has 0 bridgehead atoms. The maximum atomic E-state index is 12.3. The van der Waals surface area contributed by atoms with Crippen molar-refractivity contribution in [3.8, 4) is 0 Å². The molecule has 0 aliphatic rings. The number of allylic oxidation sites excluding steroid dienone is 6. The number of carbonyl (C=O) groups excluding carboxylic acids is 1. The Labute approximate surface area is 276 Å². The predicted molar refractivity (Wildman–Crippen MR) is 187 cm³/mol. The summed E-state index contributed by atoms with van der Waals surface area (Å²) in [5, 5.41) is 0. The third kappa shape index (κ3) is 33.9. The zero-order valence-corrected chi connectivity index (χ0v) is 29.7. The van der Waals surface area contributed by atoms with Gasteiger partial charge in [-0.1, -0.05) is 127 Å². The van der Waals surface area contributed by atoms with E-state index in [0.29, 0.717) is 13.0 Å². The van der Waals surface area contributed by atoms with Crippen molar-refractivity contribution >= 4 is 13.8 Å². The second-order valence-electron chi connectivity index (χ2n) is 11.7. The molecule has 45 heavy (non-hydrogen) atoms. The van der Waals surface area contributed by atoms with Crippen molar-refractivity contribution in [2.45, 2.75) is 155 Å². The standard InChI is InChI=1S/C36H68NO7P/c1-3-5-7-9-11-12-13-14-15-16-17-18-19-20-21-22-23-24-26-28-31-41-33-35(34-43-45(39,40)42-32-30-37)44-36(38)29-27-25-10-8-6-4-2/h11-12,14-15,17-18,35H,3-10,13,16,19-34,37H2,1-2H3,(H,39,40)/b12-11-,15-14-,18-17-. The minimum absolute atomic E-state index is 0.0978. The van der Waals surface area contributed by atoms with Crippen LogP contribution in [0.5, 0.6) is 0 Å². The van der Waals surface area contributed by atoms with Gasteiger partial charge in [-0.15, -0.1) is 0 Å². The summed E-state index contributed by atoms with van der Waals surface area (Å²) in [6.45, 7) is 4.79. The smallest absolute Gasteiger partial charge is 0.457 e. The van der Waals surface area contributed by atoms with Crippen molar-refractivity contribution in [1.29, 1.82) is 0 Å². The highest BCUT2D eigenvalue weighted by Gasteiger charge is 2.25. The van der Waals surface area contributed by atoms with Gasteiger partial charge in [-0.3, -0.25) is 13.8 Å². The lowest BCUT2D eigenvalue weighted by Gasteiger charge is -2.20. The minimum Gasteiger partial charge on any atom is -0.457 e. The number of carbonyl (C=O) groups is 1. The number of esters is 1. The zero-order chi connectivity index (χ0) is 33.1. The van der Waals surface area contributed by atoms with E-state index in [-0.39, 0.29) is 32.3 Å². The molecule has 0 aromatic rings. The molecule has 3 N–H and O–H groups in total. The van der Waals surface area contributed by atoms with E-state index in [2.05, 4.69) is 50.3 Å². The molecular weight excluding hydrogens is 589 g/mol. The number of phosphoric ester groups is 1. The Morgan fingerprint density at radius 3 is 1.80 bits per heavy atom. The molecule has 0 heterocycles. The maximum Gasteiger partial charge on any atom is 0.472 e. The van der Waals surface area contributed by atoms with Crippen LogP contribution in [-0.2, 0) is 27.9 Å². The first-order valence-corrected chi connectivity index (χ1v) is 19.5. The van der Waals surface area contributed by atoms with E-state index in [1.165, 1.54) is 77.0 Å². The molecule has 264 valence electrons. The molecule has 0 aromatic heterocycles. The van der Waals surface area contributed by atoms with Gasteiger partial charge in [-0.25, -0.2) is 4.57 Å². The third-order valence-corrected chi connectivity index (χ3v) is 8.29. The molecule has 0 fully saturated rings. The van der Waals surface area contributed by atoms with Gasteiger partial charge in [-0.05, 0) is 51.4 Å². The highest BCUT2D eigenvalue weighted by molar-refractivity contribution is 7.47. The monoisotopic (exact) mass is 657 g/mol. The third-order valence-electron chi connectivity index (χ3n) is 7.31. The number of rotatable bonds is 34. The van der Waals surface area contributed by atoms with E-state index in [0.717, 1.165) is 51.4 Å². The lowest BCUT2D eigenvalue weighted by Crippen LogP contribution is -2.28. The van der Waals surface area contributed by atoms with Crippen molar-refractivity contribution in [2.24, 2.45) is 5.73 Å². The average Bonchev–Trinajstić information content (AvgIpc) is 3.03. The van der Waals surface area contributed by atoms with Crippen molar-refractivity contribution < 1.29 is 32.8 Å². The molecule has 0 aliphatic heterocycles. The largest absolute Gasteiger partial charge is 0.472 e. The topological polar surface area (TPSA) is 117 Å². The van der Waals surface area contributed by atoms with Gasteiger partial charge in [0.1, 0.15) is 6.10 Å². The van der Waals surface area contributed by atoms with Gasteiger partial charge in [0.15, 0.2) is 0 Å². The molecule has 0 radical (unpaired) electrons. The number of hydrogen-bond acceptors (Lipinski definition) is 7. The van der Waals surface area contributed by atoms with Crippen LogP contribution in [0.1, 0.15) is 149 Å². The van der Waals surface area contributed by atoms with Crippen LogP contribution in [-0.4, -0.2) is 49.9 Å². The van der Waals surface area contributed by atoms with E-state index in [1.807, 2.05) is 0 Å². The fourth-order valence-corrected chi connectivity index (χ4v) is 5.41. The summed E-state index contributed by atoms with van der Waals surface area (Å²) in [6, 6.07) is 0. The fourth-order valence-electron chi connectivity index (χ4n) is 4.65. The summed E-state index contributed by atoms with van der Waals surface area (Å²) in [5.74, 6) is -0.345. The van der Waals surface area contributed by atoms with Gasteiger partial charge < -0.3 is 20.1 Å². The highest BCUT2D eigenvalue weighted by Crippen LogP contribution is 2.43. The molecule has 8 nitrogen and oxygen atoms in total. The molecular formula is C36H68NO7P. The Morgan fingerprint density at radius 1 is 0.667 bits per heavy atom. The molecule has 2 atom stereocenters. The fraction of sp³-hybridized carbons (Fsp3) is 0.806. The Balaban J connectivity index is 3.98. The van der Waals surface area contributed by atoms with Crippen molar-refractivity contribution in [3.05, 3.63) is 36.5 Å². The molecule has 0 aromatic carbocycles. The lowest BCUT2D eigenvalue weighted by atomic mass is 10.1. The van der Waals surface area contributed by atoms with E-state index in [9.17, 15) is 14.3 Å². The summed E-state index contributed by atoms with van der Waals surface area (Å²) in [6.07, 6.45) is 36.1. The van der Waals surface area contributed by atoms with E-state index in [1.54, 1.807) is 0 Å². The van der Waals surface area contributed by atoms with Gasteiger partial charge in [0.25, 0.3) is 0 Å². The van der Waals surface area contributed by atoms with E-state index < -0.39 is 13.9 Å². The van der Waals surface area contributed by atoms with Crippen LogP contribution in [0.2, 0.25) is 0 Å². The Bertz CT molecular complexity index is 787. The highest BCUT2D eigenvalue weighted by atomic mass is 31.2. The number of hydrogen-bond donors (Lipinski definition) is 2. The minimum atomic E-state index is -4.26. The Morgan fingerprint density at radius 2 is 1.18 bits per heavy atom. The first-order chi connectivity index (χ1) is 21.9. The van der Waals surface area contributed by atoms with Crippen LogP contribution in [0.25, 0.3) is 0 Å². The average molecular weight is 658 g/mol. The molecule has 0 aliphatic carbocycles. The Kier molecular flexibility index (Phi) is 33.1. The molecule has 2 unspecified atom stereocenters.